The van der Waals surface area contributed by atoms with Gasteiger partial charge in [-0.1, -0.05) is 44.9 Å². The van der Waals surface area contributed by atoms with Crippen molar-refractivity contribution in [1.29, 1.82) is 0 Å². The number of ether oxygens (including phenoxy) is 1. The summed E-state index contributed by atoms with van der Waals surface area (Å²) in [5.74, 6) is 0.259. The van der Waals surface area contributed by atoms with Crippen molar-refractivity contribution in [2.75, 3.05) is 13.7 Å². The summed E-state index contributed by atoms with van der Waals surface area (Å²) < 4.78 is 6.43. The normalized spacial score (nSPS) is 15.7. The van der Waals surface area contributed by atoms with Gasteiger partial charge in [0.15, 0.2) is 5.16 Å². The molecule has 2 aromatic rings. The van der Waals surface area contributed by atoms with Crippen molar-refractivity contribution in [3.8, 4) is 0 Å². The number of nitrogens with zero attached hydrogens (tertiary/aromatic N) is 2. The SMILES string of the molecule is COC(=O)c1ccc2c(=O)n(CC(C)C)c(SC(C)C(=O)NCC3CCCCC3)nc2c1. The summed E-state index contributed by atoms with van der Waals surface area (Å²) >= 11 is 1.28. The Morgan fingerprint density at radius 3 is 2.59 bits per heavy atom. The summed E-state index contributed by atoms with van der Waals surface area (Å²) in [4.78, 5) is 42.6. The van der Waals surface area contributed by atoms with E-state index in [1.54, 1.807) is 22.8 Å². The lowest BCUT2D eigenvalue weighted by Gasteiger charge is -2.23. The maximum atomic E-state index is 13.2. The van der Waals surface area contributed by atoms with Crippen molar-refractivity contribution in [1.82, 2.24) is 14.9 Å². The molecule has 1 aliphatic carbocycles. The van der Waals surface area contributed by atoms with E-state index in [0.29, 0.717) is 40.6 Å². The van der Waals surface area contributed by atoms with Crippen LogP contribution in [0.15, 0.2) is 28.2 Å². The van der Waals surface area contributed by atoms with Crippen molar-refractivity contribution in [2.24, 2.45) is 11.8 Å². The molecule has 8 heteroatoms. The van der Waals surface area contributed by atoms with Gasteiger partial charge in [-0.15, -0.1) is 0 Å². The third kappa shape index (κ3) is 5.91. The van der Waals surface area contributed by atoms with Crippen LogP contribution in [-0.4, -0.2) is 40.3 Å². The highest BCUT2D eigenvalue weighted by molar-refractivity contribution is 8.00. The van der Waals surface area contributed by atoms with Gasteiger partial charge in [0.2, 0.25) is 5.91 Å². The number of thioether (sulfide) groups is 1. The van der Waals surface area contributed by atoms with E-state index in [-0.39, 0.29) is 17.4 Å². The Morgan fingerprint density at radius 1 is 1.22 bits per heavy atom. The predicted octanol–water partition coefficient (Wildman–Crippen LogP) is 4.02. The van der Waals surface area contributed by atoms with Crippen LogP contribution >= 0.6 is 11.8 Å². The van der Waals surface area contributed by atoms with Gasteiger partial charge in [0.05, 0.1) is 28.8 Å². The topological polar surface area (TPSA) is 90.3 Å². The monoisotopic (exact) mass is 459 g/mol. The third-order valence-corrected chi connectivity index (χ3v) is 6.92. The number of hydrogen-bond acceptors (Lipinski definition) is 6. The van der Waals surface area contributed by atoms with E-state index in [1.165, 1.54) is 51.0 Å². The van der Waals surface area contributed by atoms with E-state index in [1.807, 2.05) is 20.8 Å². The molecule has 1 saturated carbocycles. The zero-order chi connectivity index (χ0) is 23.3. The number of carbonyl (C=O) groups is 2. The van der Waals surface area contributed by atoms with E-state index in [2.05, 4.69) is 10.3 Å². The van der Waals surface area contributed by atoms with E-state index < -0.39 is 11.2 Å². The van der Waals surface area contributed by atoms with Crippen molar-refractivity contribution < 1.29 is 14.3 Å². The minimum atomic E-state index is -0.482. The average Bonchev–Trinajstić information content (AvgIpc) is 2.79. The average molecular weight is 460 g/mol. The molecule has 1 heterocycles. The highest BCUT2D eigenvalue weighted by Crippen LogP contribution is 2.25. The van der Waals surface area contributed by atoms with Crippen LogP contribution in [0.2, 0.25) is 0 Å². The molecule has 1 unspecified atom stereocenters. The molecule has 1 fully saturated rings. The molecule has 0 radical (unpaired) electrons. The number of aromatic nitrogens is 2. The summed E-state index contributed by atoms with van der Waals surface area (Å²) in [6.45, 7) is 7.11. The lowest BCUT2D eigenvalue weighted by molar-refractivity contribution is -0.120. The number of methoxy groups -OCH3 is 1. The van der Waals surface area contributed by atoms with Gasteiger partial charge in [0.1, 0.15) is 0 Å². The molecule has 174 valence electrons. The molecule has 1 aliphatic rings. The zero-order valence-corrected chi connectivity index (χ0v) is 20.2. The third-order valence-electron chi connectivity index (χ3n) is 5.83. The van der Waals surface area contributed by atoms with Gasteiger partial charge in [-0.3, -0.25) is 14.2 Å². The molecule has 1 aromatic heterocycles. The van der Waals surface area contributed by atoms with Gasteiger partial charge in [-0.05, 0) is 49.8 Å². The zero-order valence-electron chi connectivity index (χ0n) is 19.3. The van der Waals surface area contributed by atoms with Crippen LogP contribution in [0.4, 0.5) is 0 Å². The number of esters is 1. The van der Waals surface area contributed by atoms with E-state index >= 15 is 0 Å². The number of rotatable bonds is 8. The molecule has 0 spiro atoms. The van der Waals surface area contributed by atoms with Gasteiger partial charge in [0, 0.05) is 13.1 Å². The van der Waals surface area contributed by atoms with Crippen LogP contribution in [0.3, 0.4) is 0 Å². The highest BCUT2D eigenvalue weighted by Gasteiger charge is 2.22. The fraction of sp³-hybridized carbons (Fsp3) is 0.583. The first-order chi connectivity index (χ1) is 15.3. The summed E-state index contributed by atoms with van der Waals surface area (Å²) in [5, 5.41) is 3.61. The molecule has 0 bridgehead atoms. The second-order valence-electron chi connectivity index (χ2n) is 8.94. The predicted molar refractivity (Wildman–Crippen MR) is 127 cm³/mol. The molecular weight excluding hydrogens is 426 g/mol. The molecule has 32 heavy (non-hydrogen) atoms. The van der Waals surface area contributed by atoms with E-state index in [4.69, 9.17) is 4.74 Å². The van der Waals surface area contributed by atoms with Gasteiger partial charge in [-0.25, -0.2) is 9.78 Å². The quantitative estimate of drug-likeness (QED) is 0.364. The van der Waals surface area contributed by atoms with Gasteiger partial charge in [0.25, 0.3) is 5.56 Å². The first-order valence-electron chi connectivity index (χ1n) is 11.4. The first kappa shape index (κ1) is 24.3. The van der Waals surface area contributed by atoms with Gasteiger partial charge in [-0.2, -0.15) is 0 Å². The van der Waals surface area contributed by atoms with Crippen LogP contribution < -0.4 is 10.9 Å². The number of nitrogens with one attached hydrogen (secondary N) is 1. The summed E-state index contributed by atoms with van der Waals surface area (Å²) in [5.41, 5.74) is 0.593. The minimum absolute atomic E-state index is 0.0469. The molecule has 3 rings (SSSR count). The maximum absolute atomic E-state index is 13.2. The largest absolute Gasteiger partial charge is 0.465 e. The summed E-state index contributed by atoms with van der Waals surface area (Å²) in [7, 11) is 1.31. The Morgan fingerprint density at radius 2 is 1.94 bits per heavy atom. The van der Waals surface area contributed by atoms with Crippen LogP contribution in [0.5, 0.6) is 0 Å². The molecule has 1 N–H and O–H groups in total. The lowest BCUT2D eigenvalue weighted by atomic mass is 9.89. The van der Waals surface area contributed by atoms with E-state index in [9.17, 15) is 14.4 Å². The molecule has 1 amide bonds. The van der Waals surface area contributed by atoms with Crippen molar-refractivity contribution >= 4 is 34.5 Å². The second-order valence-corrected chi connectivity index (χ2v) is 10.2. The van der Waals surface area contributed by atoms with Crippen molar-refractivity contribution in [2.45, 2.75) is 69.8 Å². The lowest BCUT2D eigenvalue weighted by Crippen LogP contribution is -2.36. The van der Waals surface area contributed by atoms with Crippen molar-refractivity contribution in [3.05, 3.63) is 34.1 Å². The Labute approximate surface area is 193 Å². The van der Waals surface area contributed by atoms with Gasteiger partial charge < -0.3 is 10.1 Å². The van der Waals surface area contributed by atoms with E-state index in [0.717, 1.165) is 0 Å². The molecule has 1 atom stereocenters. The standard InChI is InChI=1S/C24H33N3O4S/c1-15(2)14-27-22(29)19-11-10-18(23(30)31-4)12-20(19)26-24(27)32-16(3)21(28)25-13-17-8-6-5-7-9-17/h10-12,15-17H,5-9,13-14H2,1-4H3,(H,25,28). The smallest absolute Gasteiger partial charge is 0.337 e. The number of hydrogen-bond donors (Lipinski definition) is 1. The number of benzene rings is 1. The molecule has 0 saturated heterocycles. The fourth-order valence-corrected chi connectivity index (χ4v) is 5.00. The number of carbonyl (C=O) groups excluding carboxylic acids is 2. The van der Waals surface area contributed by atoms with Gasteiger partial charge >= 0.3 is 5.97 Å². The molecule has 7 nitrogen and oxygen atoms in total. The summed E-state index contributed by atoms with van der Waals surface area (Å²) in [6.07, 6.45) is 6.10. The first-order valence-corrected chi connectivity index (χ1v) is 12.3. The highest BCUT2D eigenvalue weighted by atomic mass is 32.2. The maximum Gasteiger partial charge on any atom is 0.337 e. The number of amides is 1. The molecule has 1 aromatic carbocycles. The minimum Gasteiger partial charge on any atom is -0.465 e. The Bertz CT molecular complexity index is 1030. The van der Waals surface area contributed by atoms with Crippen LogP contribution in [0.1, 0.15) is 63.2 Å². The van der Waals surface area contributed by atoms with Crippen LogP contribution in [0.25, 0.3) is 10.9 Å². The Hall–Kier alpha value is -2.35. The summed E-state index contributed by atoms with van der Waals surface area (Å²) in [6, 6.07) is 4.76. The second kappa shape index (κ2) is 11.0. The molecule has 0 aliphatic heterocycles. The van der Waals surface area contributed by atoms with Crippen LogP contribution in [-0.2, 0) is 16.1 Å². The Balaban J connectivity index is 1.85. The van der Waals surface area contributed by atoms with Crippen LogP contribution in [0, 0.1) is 11.8 Å². The number of fused-ring (bicyclic) bond motifs is 1. The Kier molecular flexibility index (Phi) is 8.34. The molecular formula is C24H33N3O4S. The fourth-order valence-electron chi connectivity index (χ4n) is 4.05. The van der Waals surface area contributed by atoms with Crippen molar-refractivity contribution in [3.63, 3.8) is 0 Å².